The summed E-state index contributed by atoms with van der Waals surface area (Å²) in [7, 11) is 2.92. The summed E-state index contributed by atoms with van der Waals surface area (Å²) in [6.07, 6.45) is 0. The molecule has 0 bridgehead atoms. The number of hydrogen-bond acceptors (Lipinski definition) is 6. The number of methoxy groups -OCH3 is 2. The first-order chi connectivity index (χ1) is 9.96. The third-order valence-electron chi connectivity index (χ3n) is 2.89. The zero-order chi connectivity index (χ0) is 15.6. The summed E-state index contributed by atoms with van der Waals surface area (Å²) in [6.45, 7) is 3.66. The van der Waals surface area contributed by atoms with Gasteiger partial charge in [-0.3, -0.25) is 0 Å². The number of thiazole rings is 1. The van der Waals surface area contributed by atoms with E-state index in [9.17, 15) is 4.79 Å². The van der Waals surface area contributed by atoms with Crippen LogP contribution in [0.3, 0.4) is 0 Å². The van der Waals surface area contributed by atoms with Crippen molar-refractivity contribution in [2.75, 3.05) is 19.5 Å². The summed E-state index contributed by atoms with van der Waals surface area (Å²) in [5.41, 5.74) is 2.28. The smallest absolute Gasteiger partial charge is 0.350 e. The van der Waals surface area contributed by atoms with E-state index in [1.165, 1.54) is 18.4 Å². The summed E-state index contributed by atoms with van der Waals surface area (Å²) in [5, 5.41) is 4.37. The molecule has 2 rings (SSSR count). The average molecular weight is 327 g/mol. The van der Waals surface area contributed by atoms with Crippen LogP contribution < -0.4 is 10.1 Å². The van der Waals surface area contributed by atoms with E-state index in [4.69, 9.17) is 21.1 Å². The molecule has 0 aliphatic carbocycles. The summed E-state index contributed by atoms with van der Waals surface area (Å²) >= 11 is 7.31. The Hall–Kier alpha value is -1.79. The molecule has 112 valence electrons. The van der Waals surface area contributed by atoms with E-state index in [0.717, 1.165) is 11.3 Å². The molecule has 5 nitrogen and oxygen atoms in total. The zero-order valence-electron chi connectivity index (χ0n) is 12.1. The molecule has 1 N–H and O–H groups in total. The van der Waals surface area contributed by atoms with E-state index >= 15 is 0 Å². The monoisotopic (exact) mass is 326 g/mol. The number of anilines is 2. The second-order valence-corrected chi connectivity index (χ2v) is 5.76. The lowest BCUT2D eigenvalue weighted by Gasteiger charge is -2.11. The molecule has 0 atom stereocenters. The van der Waals surface area contributed by atoms with Gasteiger partial charge in [-0.2, -0.15) is 0 Å². The first-order valence-corrected chi connectivity index (χ1v) is 7.32. The summed E-state index contributed by atoms with van der Waals surface area (Å²) < 4.78 is 10.0. The van der Waals surface area contributed by atoms with Crippen molar-refractivity contribution in [3.63, 3.8) is 0 Å². The molecule has 0 saturated heterocycles. The van der Waals surface area contributed by atoms with E-state index in [1.807, 2.05) is 13.0 Å². The maximum absolute atomic E-state index is 11.6. The highest BCUT2D eigenvalue weighted by molar-refractivity contribution is 7.17. The minimum atomic E-state index is -0.391. The van der Waals surface area contributed by atoms with Crippen LogP contribution in [0.25, 0.3) is 0 Å². The van der Waals surface area contributed by atoms with Crippen LogP contribution >= 0.6 is 22.9 Å². The van der Waals surface area contributed by atoms with Crippen LogP contribution in [-0.4, -0.2) is 25.2 Å². The normalized spacial score (nSPS) is 10.3. The molecule has 1 aromatic carbocycles. The number of hydrogen-bond donors (Lipinski definition) is 1. The molecule has 2 aromatic rings. The zero-order valence-corrected chi connectivity index (χ0v) is 13.7. The van der Waals surface area contributed by atoms with Gasteiger partial charge in [0.2, 0.25) is 0 Å². The van der Waals surface area contributed by atoms with Crippen molar-refractivity contribution >= 4 is 39.7 Å². The Kier molecular flexibility index (Phi) is 4.69. The van der Waals surface area contributed by atoms with Crippen molar-refractivity contribution in [3.8, 4) is 5.75 Å². The third kappa shape index (κ3) is 3.28. The molecular weight excluding hydrogens is 312 g/mol. The highest BCUT2D eigenvalue weighted by atomic mass is 35.5. The maximum atomic E-state index is 11.6. The Labute approximate surface area is 131 Å². The number of esters is 1. The number of nitrogens with one attached hydrogen (secondary N) is 1. The molecule has 0 spiro atoms. The van der Waals surface area contributed by atoms with Gasteiger partial charge in [0.1, 0.15) is 10.6 Å². The number of halogens is 1. The number of carbonyl (C=O) groups is 1. The highest BCUT2D eigenvalue weighted by Gasteiger charge is 2.17. The summed E-state index contributed by atoms with van der Waals surface area (Å²) in [4.78, 5) is 16.4. The van der Waals surface area contributed by atoms with Crippen molar-refractivity contribution in [1.29, 1.82) is 0 Å². The summed E-state index contributed by atoms with van der Waals surface area (Å²) in [6, 6.07) is 3.61. The minimum Gasteiger partial charge on any atom is -0.495 e. The van der Waals surface area contributed by atoms with Gasteiger partial charge in [-0.05, 0) is 25.5 Å². The van der Waals surface area contributed by atoms with E-state index in [0.29, 0.717) is 26.5 Å². The Bertz CT molecular complexity index is 685. The molecule has 0 fully saturated rings. The molecule has 1 heterocycles. The first kappa shape index (κ1) is 15.6. The Morgan fingerprint density at radius 1 is 1.33 bits per heavy atom. The lowest BCUT2D eigenvalue weighted by Crippen LogP contribution is -1.99. The fraction of sp³-hybridized carbons (Fsp3) is 0.286. The average Bonchev–Trinajstić information content (AvgIpc) is 2.82. The maximum Gasteiger partial charge on any atom is 0.350 e. The molecule has 0 amide bonds. The quantitative estimate of drug-likeness (QED) is 0.862. The lowest BCUT2D eigenvalue weighted by atomic mass is 10.2. The van der Waals surface area contributed by atoms with E-state index in [1.54, 1.807) is 20.1 Å². The van der Waals surface area contributed by atoms with Gasteiger partial charge in [0.05, 0.1) is 25.6 Å². The lowest BCUT2D eigenvalue weighted by molar-refractivity contribution is 0.0605. The van der Waals surface area contributed by atoms with Gasteiger partial charge in [-0.15, -0.1) is 0 Å². The number of aromatic nitrogens is 1. The van der Waals surface area contributed by atoms with Crippen LogP contribution in [0.15, 0.2) is 12.1 Å². The molecular formula is C14H15ClN2O3S. The number of benzene rings is 1. The van der Waals surface area contributed by atoms with Gasteiger partial charge in [-0.1, -0.05) is 22.9 Å². The van der Waals surface area contributed by atoms with Crippen molar-refractivity contribution in [2.45, 2.75) is 13.8 Å². The molecule has 0 saturated carbocycles. The van der Waals surface area contributed by atoms with Gasteiger partial charge in [0, 0.05) is 11.1 Å². The highest BCUT2D eigenvalue weighted by Crippen LogP contribution is 2.34. The minimum absolute atomic E-state index is 0.391. The first-order valence-electron chi connectivity index (χ1n) is 6.13. The van der Waals surface area contributed by atoms with Crippen molar-refractivity contribution in [2.24, 2.45) is 0 Å². The molecule has 7 heteroatoms. The van der Waals surface area contributed by atoms with Gasteiger partial charge in [0.25, 0.3) is 0 Å². The number of carbonyl (C=O) groups excluding carboxylic acids is 1. The Morgan fingerprint density at radius 2 is 2.05 bits per heavy atom. The van der Waals surface area contributed by atoms with Crippen molar-refractivity contribution in [1.82, 2.24) is 4.98 Å². The molecule has 0 aliphatic rings. The van der Waals surface area contributed by atoms with Crippen LogP contribution in [-0.2, 0) is 4.74 Å². The van der Waals surface area contributed by atoms with E-state index in [2.05, 4.69) is 10.3 Å². The third-order valence-corrected chi connectivity index (χ3v) is 4.35. The summed E-state index contributed by atoms with van der Waals surface area (Å²) in [5.74, 6) is 0.218. The molecule has 21 heavy (non-hydrogen) atoms. The van der Waals surface area contributed by atoms with E-state index in [-0.39, 0.29) is 0 Å². The number of nitrogens with zero attached hydrogens (tertiary/aromatic N) is 1. The number of ether oxygens (including phenoxy) is 2. The largest absolute Gasteiger partial charge is 0.495 e. The van der Waals surface area contributed by atoms with Gasteiger partial charge < -0.3 is 14.8 Å². The standard InChI is InChI=1S/C14H15ClN2O3S/c1-7-5-10(11(19-3)6-9(7)15)17-14-16-8(2)12(21-14)13(18)20-4/h5-6H,1-4H3,(H,16,17). The predicted octanol–water partition coefficient (Wildman–Crippen LogP) is 3.95. The van der Waals surface area contributed by atoms with Crippen LogP contribution in [0, 0.1) is 13.8 Å². The van der Waals surface area contributed by atoms with E-state index < -0.39 is 5.97 Å². The second kappa shape index (κ2) is 6.32. The number of rotatable bonds is 4. The molecule has 0 aliphatic heterocycles. The fourth-order valence-corrected chi connectivity index (χ4v) is 2.83. The molecule has 0 unspecified atom stereocenters. The molecule has 0 radical (unpaired) electrons. The van der Waals surface area contributed by atoms with Gasteiger partial charge >= 0.3 is 5.97 Å². The SMILES string of the molecule is COC(=O)c1sc(Nc2cc(C)c(Cl)cc2OC)nc1C. The molecule has 1 aromatic heterocycles. The van der Waals surface area contributed by atoms with Gasteiger partial charge in [0.15, 0.2) is 5.13 Å². The Morgan fingerprint density at radius 3 is 2.67 bits per heavy atom. The predicted molar refractivity (Wildman–Crippen MR) is 84.2 cm³/mol. The Balaban J connectivity index is 2.34. The van der Waals surface area contributed by atoms with Crippen LogP contribution in [0.5, 0.6) is 5.75 Å². The fourth-order valence-electron chi connectivity index (χ4n) is 1.78. The topological polar surface area (TPSA) is 60.5 Å². The van der Waals surface area contributed by atoms with Crippen LogP contribution in [0.1, 0.15) is 20.9 Å². The van der Waals surface area contributed by atoms with Crippen LogP contribution in [0.2, 0.25) is 5.02 Å². The van der Waals surface area contributed by atoms with Gasteiger partial charge in [-0.25, -0.2) is 9.78 Å². The number of aryl methyl sites for hydroxylation is 2. The van der Waals surface area contributed by atoms with Crippen molar-refractivity contribution in [3.05, 3.63) is 33.3 Å². The van der Waals surface area contributed by atoms with Crippen molar-refractivity contribution < 1.29 is 14.3 Å². The second-order valence-electron chi connectivity index (χ2n) is 4.35. The van der Waals surface area contributed by atoms with Crippen LogP contribution in [0.4, 0.5) is 10.8 Å².